The van der Waals surface area contributed by atoms with Crippen molar-refractivity contribution in [3.05, 3.63) is 0 Å². The molecule has 6 nitrogen and oxygen atoms in total. The Balaban J connectivity index is 2.02. The first-order valence-corrected chi connectivity index (χ1v) is 6.24. The SMILES string of the molecule is CCOC(=O)CC1OCC(O)C2OC(C)(C)OC12. The number of rotatable bonds is 3. The van der Waals surface area contributed by atoms with E-state index in [4.69, 9.17) is 18.9 Å². The first-order valence-electron chi connectivity index (χ1n) is 6.24. The number of hydrogen-bond acceptors (Lipinski definition) is 6. The maximum atomic E-state index is 11.5. The number of carbonyl (C=O) groups is 1. The average molecular weight is 260 g/mol. The lowest BCUT2D eigenvalue weighted by Gasteiger charge is -2.34. The van der Waals surface area contributed by atoms with Crippen molar-refractivity contribution in [3.63, 3.8) is 0 Å². The molecule has 4 unspecified atom stereocenters. The van der Waals surface area contributed by atoms with Crippen LogP contribution in [0.25, 0.3) is 0 Å². The third kappa shape index (κ3) is 2.83. The summed E-state index contributed by atoms with van der Waals surface area (Å²) in [4.78, 5) is 11.5. The second-order valence-corrected chi connectivity index (χ2v) is 5.01. The van der Waals surface area contributed by atoms with Crippen molar-refractivity contribution in [1.82, 2.24) is 0 Å². The summed E-state index contributed by atoms with van der Waals surface area (Å²) in [5.41, 5.74) is 0. The molecule has 2 rings (SSSR count). The Kier molecular flexibility index (Phi) is 3.91. The predicted molar refractivity (Wildman–Crippen MR) is 60.8 cm³/mol. The molecule has 0 saturated carbocycles. The largest absolute Gasteiger partial charge is 0.466 e. The highest BCUT2D eigenvalue weighted by molar-refractivity contribution is 5.70. The van der Waals surface area contributed by atoms with Gasteiger partial charge < -0.3 is 24.1 Å². The molecule has 0 bridgehead atoms. The van der Waals surface area contributed by atoms with E-state index in [2.05, 4.69) is 0 Å². The summed E-state index contributed by atoms with van der Waals surface area (Å²) in [5, 5.41) is 9.82. The van der Waals surface area contributed by atoms with Gasteiger partial charge in [-0.3, -0.25) is 4.79 Å². The second-order valence-electron chi connectivity index (χ2n) is 5.01. The van der Waals surface area contributed by atoms with Crippen LogP contribution in [0.5, 0.6) is 0 Å². The molecule has 0 aromatic rings. The van der Waals surface area contributed by atoms with Gasteiger partial charge in [-0.1, -0.05) is 0 Å². The molecule has 2 saturated heterocycles. The molecule has 2 fully saturated rings. The van der Waals surface area contributed by atoms with Gasteiger partial charge in [0.05, 0.1) is 25.7 Å². The van der Waals surface area contributed by atoms with E-state index in [0.29, 0.717) is 6.61 Å². The van der Waals surface area contributed by atoms with E-state index in [1.165, 1.54) is 0 Å². The van der Waals surface area contributed by atoms with Gasteiger partial charge in [0.2, 0.25) is 0 Å². The second kappa shape index (κ2) is 5.13. The third-order valence-corrected chi connectivity index (χ3v) is 3.06. The Hall–Kier alpha value is -0.690. The van der Waals surface area contributed by atoms with Crippen LogP contribution in [0.1, 0.15) is 27.2 Å². The summed E-state index contributed by atoms with van der Waals surface area (Å²) in [7, 11) is 0. The zero-order valence-electron chi connectivity index (χ0n) is 10.9. The molecule has 0 aromatic heterocycles. The smallest absolute Gasteiger partial charge is 0.308 e. The van der Waals surface area contributed by atoms with Crippen LogP contribution in [0.15, 0.2) is 0 Å². The van der Waals surface area contributed by atoms with Crippen LogP contribution < -0.4 is 0 Å². The fourth-order valence-electron chi connectivity index (χ4n) is 2.37. The quantitative estimate of drug-likeness (QED) is 0.732. The van der Waals surface area contributed by atoms with Crippen molar-refractivity contribution in [2.45, 2.75) is 57.4 Å². The molecule has 0 radical (unpaired) electrons. The fraction of sp³-hybridized carbons (Fsp3) is 0.917. The lowest BCUT2D eigenvalue weighted by molar-refractivity contribution is -0.167. The summed E-state index contributed by atoms with van der Waals surface area (Å²) in [5.74, 6) is -1.09. The van der Waals surface area contributed by atoms with Gasteiger partial charge in [0.15, 0.2) is 5.79 Å². The minimum atomic E-state index is -0.767. The molecular formula is C12H20O6. The number of carbonyl (C=O) groups excluding carboxylic acids is 1. The van der Waals surface area contributed by atoms with E-state index in [1.807, 2.05) is 0 Å². The molecule has 2 heterocycles. The minimum Gasteiger partial charge on any atom is -0.466 e. The van der Waals surface area contributed by atoms with E-state index in [-0.39, 0.29) is 19.0 Å². The number of aliphatic hydroxyl groups excluding tert-OH is 1. The summed E-state index contributed by atoms with van der Waals surface area (Å²) in [6.07, 6.45) is -1.93. The molecule has 0 amide bonds. The molecule has 6 heteroatoms. The number of esters is 1. The van der Waals surface area contributed by atoms with Crippen LogP contribution in [0.2, 0.25) is 0 Å². The van der Waals surface area contributed by atoms with Crippen molar-refractivity contribution in [3.8, 4) is 0 Å². The van der Waals surface area contributed by atoms with Gasteiger partial charge in [-0.2, -0.15) is 0 Å². The first kappa shape index (κ1) is 13.7. The third-order valence-electron chi connectivity index (χ3n) is 3.06. The Morgan fingerprint density at radius 3 is 2.72 bits per heavy atom. The summed E-state index contributed by atoms with van der Waals surface area (Å²) >= 11 is 0. The predicted octanol–water partition coefficient (Wildman–Crippen LogP) is 0.219. The monoisotopic (exact) mass is 260 g/mol. The fourth-order valence-corrected chi connectivity index (χ4v) is 2.37. The standard InChI is InChI=1S/C12H20O6/c1-4-15-9(14)5-8-11-10(7(13)6-16-8)17-12(2,3)18-11/h7-8,10-11,13H,4-6H2,1-3H3. The number of hydrogen-bond donors (Lipinski definition) is 1. The van der Waals surface area contributed by atoms with Gasteiger partial charge in [0.25, 0.3) is 0 Å². The molecule has 4 atom stereocenters. The highest BCUT2D eigenvalue weighted by atomic mass is 16.8. The van der Waals surface area contributed by atoms with E-state index < -0.39 is 30.2 Å². The van der Waals surface area contributed by atoms with Crippen LogP contribution in [-0.2, 0) is 23.7 Å². The maximum Gasteiger partial charge on any atom is 0.308 e. The van der Waals surface area contributed by atoms with Crippen molar-refractivity contribution in [1.29, 1.82) is 0 Å². The van der Waals surface area contributed by atoms with Crippen LogP contribution in [-0.4, -0.2) is 54.5 Å². The molecule has 2 aliphatic heterocycles. The highest BCUT2D eigenvalue weighted by Crippen LogP contribution is 2.36. The lowest BCUT2D eigenvalue weighted by atomic mass is 9.98. The van der Waals surface area contributed by atoms with Gasteiger partial charge in [-0.15, -0.1) is 0 Å². The molecule has 104 valence electrons. The summed E-state index contributed by atoms with van der Waals surface area (Å²) in [6.45, 7) is 5.79. The van der Waals surface area contributed by atoms with E-state index in [9.17, 15) is 9.90 Å². The molecule has 18 heavy (non-hydrogen) atoms. The Bertz CT molecular complexity index is 316. The van der Waals surface area contributed by atoms with Gasteiger partial charge in [-0.25, -0.2) is 0 Å². The van der Waals surface area contributed by atoms with E-state index in [0.717, 1.165) is 0 Å². The molecule has 0 aliphatic carbocycles. The van der Waals surface area contributed by atoms with Crippen LogP contribution >= 0.6 is 0 Å². The van der Waals surface area contributed by atoms with Crippen LogP contribution in [0.3, 0.4) is 0 Å². The summed E-state index contributed by atoms with van der Waals surface area (Å²) in [6, 6.07) is 0. The number of ether oxygens (including phenoxy) is 4. The Morgan fingerprint density at radius 1 is 1.39 bits per heavy atom. The molecular weight excluding hydrogens is 240 g/mol. The Labute approximate surface area is 106 Å². The maximum absolute atomic E-state index is 11.5. The zero-order chi connectivity index (χ0) is 13.3. The highest BCUT2D eigenvalue weighted by Gasteiger charge is 2.51. The van der Waals surface area contributed by atoms with Crippen molar-refractivity contribution < 1.29 is 28.8 Å². The van der Waals surface area contributed by atoms with E-state index in [1.54, 1.807) is 20.8 Å². The van der Waals surface area contributed by atoms with Gasteiger partial charge in [-0.05, 0) is 20.8 Å². The average Bonchev–Trinajstić information content (AvgIpc) is 2.60. The Morgan fingerprint density at radius 2 is 2.06 bits per heavy atom. The van der Waals surface area contributed by atoms with Crippen molar-refractivity contribution in [2.75, 3.05) is 13.2 Å². The normalized spacial score (nSPS) is 38.2. The molecule has 2 aliphatic rings. The lowest BCUT2D eigenvalue weighted by Crippen LogP contribution is -2.51. The zero-order valence-corrected chi connectivity index (χ0v) is 10.9. The van der Waals surface area contributed by atoms with Gasteiger partial charge in [0, 0.05) is 0 Å². The molecule has 0 spiro atoms. The first-order chi connectivity index (χ1) is 8.43. The molecule has 1 N–H and O–H groups in total. The van der Waals surface area contributed by atoms with Gasteiger partial charge >= 0.3 is 5.97 Å². The molecule has 0 aromatic carbocycles. The van der Waals surface area contributed by atoms with E-state index >= 15 is 0 Å². The summed E-state index contributed by atoms with van der Waals surface area (Å²) < 4.78 is 21.7. The van der Waals surface area contributed by atoms with Crippen molar-refractivity contribution >= 4 is 5.97 Å². The number of fused-ring (bicyclic) bond motifs is 1. The minimum absolute atomic E-state index is 0.112. The topological polar surface area (TPSA) is 74.2 Å². The van der Waals surface area contributed by atoms with Crippen LogP contribution in [0.4, 0.5) is 0 Å². The van der Waals surface area contributed by atoms with Crippen LogP contribution in [0, 0.1) is 0 Å². The number of aliphatic hydroxyl groups is 1. The van der Waals surface area contributed by atoms with Gasteiger partial charge in [0.1, 0.15) is 18.3 Å². The van der Waals surface area contributed by atoms with Crippen molar-refractivity contribution in [2.24, 2.45) is 0 Å².